The van der Waals surface area contributed by atoms with Crippen LogP contribution in [0, 0.1) is 12.7 Å². The summed E-state index contributed by atoms with van der Waals surface area (Å²) in [6, 6.07) is 9.43. The zero-order chi connectivity index (χ0) is 20.5. The number of hydrogen-bond donors (Lipinski definition) is 3. The van der Waals surface area contributed by atoms with E-state index < -0.39 is 30.4 Å². The summed E-state index contributed by atoms with van der Waals surface area (Å²) in [6.45, 7) is 2.34. The zero-order valence-corrected chi connectivity index (χ0v) is 15.7. The van der Waals surface area contributed by atoms with Crippen LogP contribution in [-0.2, 0) is 12.0 Å². The molecule has 148 valence electrons. The van der Waals surface area contributed by atoms with Crippen LogP contribution in [0.4, 0.5) is 4.39 Å². The molecule has 0 saturated heterocycles. The van der Waals surface area contributed by atoms with Crippen molar-refractivity contribution in [1.82, 2.24) is 0 Å². The van der Waals surface area contributed by atoms with E-state index in [0.717, 1.165) is 0 Å². The Labute approximate surface area is 161 Å². The number of aryl methyl sites for hydroxylation is 1. The Morgan fingerprint density at radius 2 is 1.89 bits per heavy atom. The second kappa shape index (κ2) is 7.61. The Balaban J connectivity index is 2.20. The maximum atomic E-state index is 13.9. The molecule has 0 fully saturated rings. The second-order valence-electron chi connectivity index (χ2n) is 6.97. The van der Waals surface area contributed by atoms with Crippen molar-refractivity contribution in [2.75, 3.05) is 13.2 Å². The summed E-state index contributed by atoms with van der Waals surface area (Å²) < 4.78 is 25.4. The molecule has 0 aliphatic heterocycles. The molecular weight excluding hydrogens is 365 g/mol. The van der Waals surface area contributed by atoms with Crippen LogP contribution in [0.3, 0.4) is 0 Å². The molecule has 3 rings (SSSR count). The fourth-order valence-electron chi connectivity index (χ4n) is 3.28. The molecule has 0 spiro atoms. The van der Waals surface area contributed by atoms with Gasteiger partial charge in [-0.1, -0.05) is 25.1 Å². The second-order valence-corrected chi connectivity index (χ2v) is 6.97. The number of halogens is 1. The van der Waals surface area contributed by atoms with Crippen molar-refractivity contribution >= 4 is 16.9 Å². The number of rotatable bonds is 7. The molecule has 28 heavy (non-hydrogen) atoms. The van der Waals surface area contributed by atoms with Gasteiger partial charge in [0, 0.05) is 21.9 Å². The summed E-state index contributed by atoms with van der Waals surface area (Å²) in [6.07, 6.45) is 0. The lowest BCUT2D eigenvalue weighted by molar-refractivity contribution is 0.0999. The summed E-state index contributed by atoms with van der Waals surface area (Å²) in [5.41, 5.74) is 5.67. The standard InChI is InChI=1S/C21H22FNO5/c1-12-17(20(23)26)18-15(28-12)7-8-16(19(18)21(2,10-24)11-25)27-9-13-5-3-4-6-14(13)22/h3-8,24-25H,9-11H2,1-2H3,(H2,23,26). The van der Waals surface area contributed by atoms with E-state index in [4.69, 9.17) is 14.9 Å². The number of aliphatic hydroxyl groups excluding tert-OH is 2. The van der Waals surface area contributed by atoms with Gasteiger partial charge >= 0.3 is 0 Å². The van der Waals surface area contributed by atoms with Crippen LogP contribution in [0.25, 0.3) is 11.0 Å². The quantitative estimate of drug-likeness (QED) is 0.578. The number of furan rings is 1. The summed E-state index contributed by atoms with van der Waals surface area (Å²) in [7, 11) is 0. The lowest BCUT2D eigenvalue weighted by atomic mass is 9.80. The third-order valence-corrected chi connectivity index (χ3v) is 4.88. The smallest absolute Gasteiger partial charge is 0.252 e. The number of carbonyl (C=O) groups excluding carboxylic acids is 1. The molecule has 6 nitrogen and oxygen atoms in total. The van der Waals surface area contributed by atoms with Gasteiger partial charge < -0.3 is 25.1 Å². The van der Waals surface area contributed by atoms with Crippen molar-refractivity contribution in [2.45, 2.75) is 25.9 Å². The minimum absolute atomic E-state index is 0.0686. The van der Waals surface area contributed by atoms with Gasteiger partial charge in [0.2, 0.25) is 0 Å². The molecule has 0 unspecified atom stereocenters. The highest BCUT2D eigenvalue weighted by Gasteiger charge is 2.34. The minimum atomic E-state index is -1.15. The lowest BCUT2D eigenvalue weighted by Crippen LogP contribution is -2.32. The first kappa shape index (κ1) is 19.9. The first-order chi connectivity index (χ1) is 13.3. The maximum Gasteiger partial charge on any atom is 0.252 e. The van der Waals surface area contributed by atoms with Gasteiger partial charge in [0.15, 0.2) is 0 Å². The number of primary amides is 1. The molecule has 2 aromatic carbocycles. The van der Waals surface area contributed by atoms with Crippen molar-refractivity contribution in [3.8, 4) is 5.75 Å². The molecular formula is C21H22FNO5. The summed E-state index contributed by atoms with van der Waals surface area (Å²) in [4.78, 5) is 12.0. The molecule has 4 N–H and O–H groups in total. The number of carbonyl (C=O) groups is 1. The zero-order valence-electron chi connectivity index (χ0n) is 15.7. The monoisotopic (exact) mass is 387 g/mol. The van der Waals surface area contributed by atoms with E-state index in [2.05, 4.69) is 0 Å². The summed E-state index contributed by atoms with van der Waals surface area (Å²) in [5.74, 6) is -0.478. The van der Waals surface area contributed by atoms with E-state index in [-0.39, 0.29) is 12.2 Å². The van der Waals surface area contributed by atoms with Gasteiger partial charge in [0.05, 0.1) is 18.8 Å². The molecule has 1 aromatic heterocycles. The SMILES string of the molecule is Cc1oc2ccc(OCc3ccccc3F)c(C(C)(CO)CO)c2c1C(N)=O. The number of nitrogens with two attached hydrogens (primary N) is 1. The minimum Gasteiger partial charge on any atom is -0.488 e. The molecule has 3 aromatic rings. The lowest BCUT2D eigenvalue weighted by Gasteiger charge is -2.28. The van der Waals surface area contributed by atoms with E-state index in [1.165, 1.54) is 6.07 Å². The summed E-state index contributed by atoms with van der Waals surface area (Å²) >= 11 is 0. The Bertz CT molecular complexity index is 1020. The molecule has 1 amide bonds. The highest BCUT2D eigenvalue weighted by molar-refractivity contribution is 6.08. The Morgan fingerprint density at radius 3 is 2.50 bits per heavy atom. The largest absolute Gasteiger partial charge is 0.488 e. The highest BCUT2D eigenvalue weighted by atomic mass is 19.1. The molecule has 0 bridgehead atoms. The predicted molar refractivity (Wildman–Crippen MR) is 102 cm³/mol. The van der Waals surface area contributed by atoms with Crippen molar-refractivity contribution in [1.29, 1.82) is 0 Å². The summed E-state index contributed by atoms with van der Waals surface area (Å²) in [5, 5.41) is 20.3. The van der Waals surface area contributed by atoms with E-state index in [0.29, 0.717) is 33.6 Å². The molecule has 1 heterocycles. The number of ether oxygens (including phenoxy) is 1. The van der Waals surface area contributed by atoms with Gasteiger partial charge in [0.25, 0.3) is 5.91 Å². The van der Waals surface area contributed by atoms with Crippen LogP contribution >= 0.6 is 0 Å². The third-order valence-electron chi connectivity index (χ3n) is 4.88. The molecule has 0 aliphatic carbocycles. The van der Waals surface area contributed by atoms with Crippen LogP contribution in [0.5, 0.6) is 5.75 Å². The molecule has 0 radical (unpaired) electrons. The highest BCUT2D eigenvalue weighted by Crippen LogP contribution is 2.41. The van der Waals surface area contributed by atoms with Gasteiger partial charge in [-0.3, -0.25) is 4.79 Å². The van der Waals surface area contributed by atoms with Crippen LogP contribution in [0.15, 0.2) is 40.8 Å². The normalized spacial score (nSPS) is 11.8. The van der Waals surface area contributed by atoms with Crippen molar-refractivity contribution in [3.63, 3.8) is 0 Å². The predicted octanol–water partition coefficient (Wildman–Crippen LogP) is 2.80. The van der Waals surface area contributed by atoms with Gasteiger partial charge in [-0.05, 0) is 25.1 Å². The fraction of sp³-hybridized carbons (Fsp3) is 0.286. The van der Waals surface area contributed by atoms with Crippen LogP contribution < -0.4 is 10.5 Å². The van der Waals surface area contributed by atoms with Gasteiger partial charge in [-0.25, -0.2) is 4.39 Å². The first-order valence-corrected chi connectivity index (χ1v) is 8.76. The molecule has 0 atom stereocenters. The number of benzene rings is 2. The van der Waals surface area contributed by atoms with E-state index in [9.17, 15) is 19.4 Å². The Hall–Kier alpha value is -2.90. The van der Waals surface area contributed by atoms with Crippen LogP contribution in [-0.4, -0.2) is 29.3 Å². The molecule has 0 aliphatic rings. The Morgan fingerprint density at radius 1 is 1.21 bits per heavy atom. The van der Waals surface area contributed by atoms with E-state index >= 15 is 0 Å². The number of hydrogen-bond acceptors (Lipinski definition) is 5. The average Bonchev–Trinajstić information content (AvgIpc) is 3.02. The topological polar surface area (TPSA) is 106 Å². The van der Waals surface area contributed by atoms with Crippen molar-refractivity contribution in [3.05, 3.63) is 64.7 Å². The third kappa shape index (κ3) is 3.34. The number of amides is 1. The average molecular weight is 387 g/mol. The van der Waals surface area contributed by atoms with E-state index in [1.807, 2.05) is 0 Å². The van der Waals surface area contributed by atoms with Crippen molar-refractivity contribution < 1.29 is 28.6 Å². The van der Waals surface area contributed by atoms with Gasteiger partial charge in [0.1, 0.15) is 29.5 Å². The van der Waals surface area contributed by atoms with Crippen LogP contribution in [0.1, 0.15) is 34.2 Å². The molecule has 7 heteroatoms. The maximum absolute atomic E-state index is 13.9. The number of fused-ring (bicyclic) bond motifs is 1. The van der Waals surface area contributed by atoms with Crippen molar-refractivity contribution in [2.24, 2.45) is 5.73 Å². The van der Waals surface area contributed by atoms with Crippen LogP contribution in [0.2, 0.25) is 0 Å². The number of aliphatic hydroxyl groups is 2. The fourth-order valence-corrected chi connectivity index (χ4v) is 3.28. The first-order valence-electron chi connectivity index (χ1n) is 8.76. The van der Waals surface area contributed by atoms with E-state index in [1.54, 1.807) is 44.2 Å². The van der Waals surface area contributed by atoms with Gasteiger partial charge in [-0.2, -0.15) is 0 Å². The van der Waals surface area contributed by atoms with Gasteiger partial charge in [-0.15, -0.1) is 0 Å². The molecule has 0 saturated carbocycles. The Kier molecular flexibility index (Phi) is 5.40.